The molecule has 0 aromatic carbocycles. The lowest BCUT2D eigenvalue weighted by molar-refractivity contribution is 0.413. The zero-order chi connectivity index (χ0) is 12.6. The maximum atomic E-state index is 11.3. The predicted molar refractivity (Wildman–Crippen MR) is 64.4 cm³/mol. The SMILES string of the molecule is CCN(CCCNC(C)CC#N)S(C)(=O)=O. The molecule has 0 saturated heterocycles. The molecular weight excluding hydrogens is 226 g/mol. The Morgan fingerprint density at radius 2 is 2.12 bits per heavy atom. The van der Waals surface area contributed by atoms with Gasteiger partial charge in [0.05, 0.1) is 18.7 Å². The summed E-state index contributed by atoms with van der Waals surface area (Å²) < 4.78 is 24.0. The van der Waals surface area contributed by atoms with E-state index in [0.29, 0.717) is 19.5 Å². The van der Waals surface area contributed by atoms with Crippen LogP contribution in [-0.2, 0) is 10.0 Å². The molecule has 1 unspecified atom stereocenters. The molecule has 0 aliphatic heterocycles. The molecule has 16 heavy (non-hydrogen) atoms. The van der Waals surface area contributed by atoms with E-state index in [0.717, 1.165) is 13.0 Å². The Labute approximate surface area is 98.5 Å². The molecule has 1 N–H and O–H groups in total. The molecule has 0 aromatic rings. The van der Waals surface area contributed by atoms with Crippen molar-refractivity contribution in [1.82, 2.24) is 9.62 Å². The van der Waals surface area contributed by atoms with Crippen molar-refractivity contribution in [2.75, 3.05) is 25.9 Å². The van der Waals surface area contributed by atoms with Gasteiger partial charge < -0.3 is 5.32 Å². The minimum Gasteiger partial charge on any atom is -0.313 e. The van der Waals surface area contributed by atoms with Crippen molar-refractivity contribution in [3.8, 4) is 6.07 Å². The third-order valence-electron chi connectivity index (χ3n) is 2.30. The molecule has 0 saturated carbocycles. The van der Waals surface area contributed by atoms with Gasteiger partial charge in [-0.25, -0.2) is 12.7 Å². The monoisotopic (exact) mass is 247 g/mol. The van der Waals surface area contributed by atoms with Crippen LogP contribution in [0.3, 0.4) is 0 Å². The maximum Gasteiger partial charge on any atom is 0.211 e. The highest BCUT2D eigenvalue weighted by Crippen LogP contribution is 1.98. The molecule has 0 bridgehead atoms. The highest BCUT2D eigenvalue weighted by atomic mass is 32.2. The summed E-state index contributed by atoms with van der Waals surface area (Å²) in [5, 5.41) is 11.6. The van der Waals surface area contributed by atoms with Crippen LogP contribution in [0, 0.1) is 11.3 Å². The smallest absolute Gasteiger partial charge is 0.211 e. The fourth-order valence-corrected chi connectivity index (χ4v) is 2.30. The van der Waals surface area contributed by atoms with Gasteiger partial charge in [0.25, 0.3) is 0 Å². The van der Waals surface area contributed by atoms with Crippen LogP contribution < -0.4 is 5.32 Å². The number of hydrogen-bond acceptors (Lipinski definition) is 4. The van der Waals surface area contributed by atoms with Crippen LogP contribution >= 0.6 is 0 Å². The first-order valence-corrected chi connectivity index (χ1v) is 7.32. The molecule has 6 heteroatoms. The Morgan fingerprint density at radius 3 is 2.56 bits per heavy atom. The summed E-state index contributed by atoms with van der Waals surface area (Å²) in [6, 6.07) is 2.25. The Kier molecular flexibility index (Phi) is 7.30. The Bertz CT molecular complexity index is 321. The van der Waals surface area contributed by atoms with Gasteiger partial charge in [0.15, 0.2) is 0 Å². The lowest BCUT2D eigenvalue weighted by Gasteiger charge is -2.18. The van der Waals surface area contributed by atoms with Gasteiger partial charge in [-0.15, -0.1) is 0 Å². The molecule has 0 aromatic heterocycles. The van der Waals surface area contributed by atoms with E-state index in [1.807, 2.05) is 13.8 Å². The van der Waals surface area contributed by atoms with Gasteiger partial charge in [-0.2, -0.15) is 5.26 Å². The Hall–Kier alpha value is -0.640. The van der Waals surface area contributed by atoms with Crippen LogP contribution in [0.5, 0.6) is 0 Å². The first kappa shape index (κ1) is 15.4. The van der Waals surface area contributed by atoms with Crippen molar-refractivity contribution >= 4 is 10.0 Å². The molecule has 94 valence electrons. The van der Waals surface area contributed by atoms with E-state index in [1.165, 1.54) is 10.6 Å². The molecule has 0 rings (SSSR count). The van der Waals surface area contributed by atoms with Crippen molar-refractivity contribution in [1.29, 1.82) is 5.26 Å². The van der Waals surface area contributed by atoms with Gasteiger partial charge >= 0.3 is 0 Å². The summed E-state index contributed by atoms with van der Waals surface area (Å²) in [5.74, 6) is 0. The van der Waals surface area contributed by atoms with Gasteiger partial charge in [0, 0.05) is 19.1 Å². The molecule has 0 amide bonds. The van der Waals surface area contributed by atoms with Crippen molar-refractivity contribution in [2.24, 2.45) is 0 Å². The highest BCUT2D eigenvalue weighted by molar-refractivity contribution is 7.88. The standard InChI is InChI=1S/C10H21N3O2S/c1-4-13(16(3,14)15)9-5-8-12-10(2)6-7-11/h10,12H,4-6,8-9H2,1-3H3. The average molecular weight is 247 g/mol. The number of nitrogens with zero attached hydrogens (tertiary/aromatic N) is 2. The summed E-state index contributed by atoms with van der Waals surface area (Å²) in [4.78, 5) is 0. The molecule has 0 fully saturated rings. The molecule has 0 heterocycles. The molecule has 0 aliphatic carbocycles. The Balaban J connectivity index is 3.77. The van der Waals surface area contributed by atoms with Crippen LogP contribution in [0.1, 0.15) is 26.7 Å². The number of nitrogens with one attached hydrogen (secondary N) is 1. The van der Waals surface area contributed by atoms with Gasteiger partial charge in [0.2, 0.25) is 10.0 Å². The zero-order valence-corrected chi connectivity index (χ0v) is 11.0. The van der Waals surface area contributed by atoms with Gasteiger partial charge in [-0.3, -0.25) is 0 Å². The number of sulfonamides is 1. The highest BCUT2D eigenvalue weighted by Gasteiger charge is 2.13. The molecular formula is C10H21N3O2S. The number of rotatable bonds is 8. The summed E-state index contributed by atoms with van der Waals surface area (Å²) in [5.41, 5.74) is 0. The lowest BCUT2D eigenvalue weighted by Crippen LogP contribution is -2.34. The summed E-state index contributed by atoms with van der Waals surface area (Å²) in [6.07, 6.45) is 2.46. The Morgan fingerprint density at radius 1 is 1.50 bits per heavy atom. The topological polar surface area (TPSA) is 73.2 Å². The van der Waals surface area contributed by atoms with Gasteiger partial charge in [-0.05, 0) is 19.9 Å². The first-order chi connectivity index (χ1) is 7.41. The fourth-order valence-electron chi connectivity index (χ4n) is 1.37. The van der Waals surface area contributed by atoms with Crippen LogP contribution in [0.25, 0.3) is 0 Å². The predicted octanol–water partition coefficient (Wildman–Crippen LogP) is 0.550. The van der Waals surface area contributed by atoms with E-state index < -0.39 is 10.0 Å². The maximum absolute atomic E-state index is 11.3. The van der Waals surface area contributed by atoms with Crippen LogP contribution in [0.4, 0.5) is 0 Å². The second kappa shape index (κ2) is 7.60. The minimum absolute atomic E-state index is 0.165. The summed E-state index contributed by atoms with van der Waals surface area (Å²) in [7, 11) is -3.07. The van der Waals surface area contributed by atoms with Crippen molar-refractivity contribution in [3.63, 3.8) is 0 Å². The molecule has 5 nitrogen and oxygen atoms in total. The molecule has 0 spiro atoms. The third kappa shape index (κ3) is 6.77. The largest absolute Gasteiger partial charge is 0.313 e. The first-order valence-electron chi connectivity index (χ1n) is 5.47. The van der Waals surface area contributed by atoms with Crippen LogP contribution in [0.15, 0.2) is 0 Å². The molecule has 1 atom stereocenters. The quantitative estimate of drug-likeness (QED) is 0.636. The lowest BCUT2D eigenvalue weighted by atomic mass is 10.2. The van der Waals surface area contributed by atoms with Crippen LogP contribution in [-0.4, -0.2) is 44.7 Å². The molecule has 0 radical (unpaired) electrons. The minimum atomic E-state index is -3.07. The van der Waals surface area contributed by atoms with Crippen molar-refractivity contribution in [2.45, 2.75) is 32.7 Å². The third-order valence-corrected chi connectivity index (χ3v) is 3.68. The second-order valence-corrected chi connectivity index (χ2v) is 5.81. The van der Waals surface area contributed by atoms with E-state index in [1.54, 1.807) is 0 Å². The zero-order valence-electron chi connectivity index (χ0n) is 10.2. The fraction of sp³-hybridized carbons (Fsp3) is 0.900. The van der Waals surface area contributed by atoms with Gasteiger partial charge in [-0.1, -0.05) is 6.92 Å². The van der Waals surface area contributed by atoms with E-state index in [4.69, 9.17) is 5.26 Å². The van der Waals surface area contributed by atoms with E-state index in [2.05, 4.69) is 11.4 Å². The second-order valence-electron chi connectivity index (χ2n) is 3.83. The van der Waals surface area contributed by atoms with Crippen molar-refractivity contribution < 1.29 is 8.42 Å². The summed E-state index contributed by atoms with van der Waals surface area (Å²) in [6.45, 7) is 5.53. The summed E-state index contributed by atoms with van der Waals surface area (Å²) >= 11 is 0. The van der Waals surface area contributed by atoms with Gasteiger partial charge in [0.1, 0.15) is 0 Å². The normalized spacial score (nSPS) is 13.7. The average Bonchev–Trinajstić information content (AvgIpc) is 2.16. The number of nitriles is 1. The van der Waals surface area contributed by atoms with E-state index in [-0.39, 0.29) is 6.04 Å². The molecule has 0 aliphatic rings. The van der Waals surface area contributed by atoms with E-state index in [9.17, 15) is 8.42 Å². The number of hydrogen-bond donors (Lipinski definition) is 1. The van der Waals surface area contributed by atoms with Crippen LogP contribution in [0.2, 0.25) is 0 Å². The van der Waals surface area contributed by atoms with E-state index >= 15 is 0 Å². The van der Waals surface area contributed by atoms with Crippen molar-refractivity contribution in [3.05, 3.63) is 0 Å².